The third-order valence-electron chi connectivity index (χ3n) is 4.13. The fraction of sp³-hybridized carbons (Fsp3) is 0.412. The van der Waals surface area contributed by atoms with Crippen LogP contribution in [0.5, 0.6) is 0 Å². The molecule has 0 fully saturated rings. The van der Waals surface area contributed by atoms with Crippen molar-refractivity contribution < 1.29 is 0 Å². The van der Waals surface area contributed by atoms with Gasteiger partial charge in [0.15, 0.2) is 0 Å². The molecule has 2 heterocycles. The van der Waals surface area contributed by atoms with Gasteiger partial charge >= 0.3 is 0 Å². The number of nitrogens with one attached hydrogen (secondary N) is 1. The maximum atomic E-state index is 6.49. The molecule has 1 aliphatic rings. The number of benzene rings is 1. The van der Waals surface area contributed by atoms with Crippen molar-refractivity contribution in [2.24, 2.45) is 0 Å². The quantitative estimate of drug-likeness (QED) is 0.883. The van der Waals surface area contributed by atoms with Crippen LogP contribution in [0.15, 0.2) is 29.6 Å². The maximum Gasteiger partial charge on any atom is 0.0474 e. The van der Waals surface area contributed by atoms with E-state index in [1.54, 1.807) is 0 Å². The third kappa shape index (κ3) is 3.10. The molecule has 112 valence electrons. The molecule has 0 saturated heterocycles. The van der Waals surface area contributed by atoms with E-state index in [1.807, 2.05) is 11.3 Å². The van der Waals surface area contributed by atoms with Gasteiger partial charge in [0.1, 0.15) is 0 Å². The summed E-state index contributed by atoms with van der Waals surface area (Å²) in [5.41, 5.74) is 3.87. The second kappa shape index (κ2) is 6.39. The lowest BCUT2D eigenvalue weighted by Gasteiger charge is -2.29. The number of halogens is 1. The van der Waals surface area contributed by atoms with Crippen LogP contribution in [0, 0.1) is 0 Å². The number of thiophene rings is 1. The summed E-state index contributed by atoms with van der Waals surface area (Å²) in [6.45, 7) is 7.30. The molecular weight excluding hydrogens is 300 g/mol. The van der Waals surface area contributed by atoms with Gasteiger partial charge in [-0.15, -0.1) is 11.3 Å². The van der Waals surface area contributed by atoms with Gasteiger partial charge in [0.05, 0.1) is 0 Å². The van der Waals surface area contributed by atoms with Crippen molar-refractivity contribution in [2.75, 3.05) is 18.0 Å². The van der Waals surface area contributed by atoms with Gasteiger partial charge in [-0.3, -0.25) is 0 Å². The molecule has 2 aromatic rings. The number of anilines is 1. The molecule has 1 aromatic heterocycles. The predicted octanol–water partition coefficient (Wildman–Crippen LogP) is 4.63. The first-order valence-corrected chi connectivity index (χ1v) is 8.77. The Morgan fingerprint density at radius 1 is 1.38 bits per heavy atom. The standard InChI is InChI=1S/C17H21ClN2S/c1-3-19-12(2)15-5-4-14(10-16(15)18)20-8-6-17-13(11-20)7-9-21-17/h4-5,7,9-10,12,19H,3,6,8,11H2,1-2H3. The Hall–Kier alpha value is -1.03. The Labute approximate surface area is 135 Å². The van der Waals surface area contributed by atoms with Crippen molar-refractivity contribution in [3.8, 4) is 0 Å². The Morgan fingerprint density at radius 3 is 3.00 bits per heavy atom. The number of fused-ring (bicyclic) bond motifs is 1. The lowest BCUT2D eigenvalue weighted by Crippen LogP contribution is -2.29. The first kappa shape index (κ1) is 14.9. The minimum atomic E-state index is 0.293. The van der Waals surface area contributed by atoms with Gasteiger partial charge in [0.2, 0.25) is 0 Å². The highest BCUT2D eigenvalue weighted by atomic mass is 35.5. The van der Waals surface area contributed by atoms with E-state index in [2.05, 4.69) is 53.7 Å². The van der Waals surface area contributed by atoms with Crippen LogP contribution in [0.2, 0.25) is 5.02 Å². The van der Waals surface area contributed by atoms with Crippen molar-refractivity contribution in [3.05, 3.63) is 50.7 Å². The molecule has 0 amide bonds. The normalized spacial score (nSPS) is 15.9. The Bertz CT molecular complexity index is 623. The van der Waals surface area contributed by atoms with Gasteiger partial charge in [-0.1, -0.05) is 24.6 Å². The lowest BCUT2D eigenvalue weighted by molar-refractivity contribution is 0.598. The van der Waals surface area contributed by atoms with E-state index in [9.17, 15) is 0 Å². The topological polar surface area (TPSA) is 15.3 Å². The Balaban J connectivity index is 1.80. The van der Waals surface area contributed by atoms with Gasteiger partial charge in [-0.05, 0) is 54.6 Å². The van der Waals surface area contributed by atoms with E-state index >= 15 is 0 Å². The summed E-state index contributed by atoms with van der Waals surface area (Å²) >= 11 is 8.37. The number of hydrogen-bond donors (Lipinski definition) is 1. The monoisotopic (exact) mass is 320 g/mol. The molecule has 0 saturated carbocycles. The summed E-state index contributed by atoms with van der Waals surface area (Å²) in [5, 5.41) is 6.47. The maximum absolute atomic E-state index is 6.49. The highest BCUT2D eigenvalue weighted by molar-refractivity contribution is 7.10. The Morgan fingerprint density at radius 2 is 2.24 bits per heavy atom. The van der Waals surface area contributed by atoms with Crippen molar-refractivity contribution in [3.63, 3.8) is 0 Å². The molecule has 3 rings (SSSR count). The molecule has 21 heavy (non-hydrogen) atoms. The molecule has 4 heteroatoms. The first-order chi connectivity index (χ1) is 10.2. The van der Waals surface area contributed by atoms with E-state index in [1.165, 1.54) is 21.7 Å². The number of hydrogen-bond acceptors (Lipinski definition) is 3. The minimum absolute atomic E-state index is 0.293. The molecular formula is C17H21ClN2S. The third-order valence-corrected chi connectivity index (χ3v) is 5.48. The van der Waals surface area contributed by atoms with Crippen LogP contribution in [-0.2, 0) is 13.0 Å². The van der Waals surface area contributed by atoms with Crippen LogP contribution in [0.3, 0.4) is 0 Å². The largest absolute Gasteiger partial charge is 0.367 e. The second-order valence-corrected chi connectivity index (χ2v) is 6.93. The fourth-order valence-electron chi connectivity index (χ4n) is 2.95. The van der Waals surface area contributed by atoms with Crippen LogP contribution in [0.4, 0.5) is 5.69 Å². The van der Waals surface area contributed by atoms with Crippen LogP contribution >= 0.6 is 22.9 Å². The van der Waals surface area contributed by atoms with E-state index in [0.717, 1.165) is 31.1 Å². The van der Waals surface area contributed by atoms with Crippen molar-refractivity contribution in [1.29, 1.82) is 0 Å². The van der Waals surface area contributed by atoms with Crippen LogP contribution in [0.1, 0.15) is 35.9 Å². The van der Waals surface area contributed by atoms with Crippen LogP contribution < -0.4 is 10.2 Å². The summed E-state index contributed by atoms with van der Waals surface area (Å²) in [7, 11) is 0. The van der Waals surface area contributed by atoms with Gasteiger partial charge in [0.25, 0.3) is 0 Å². The predicted molar refractivity (Wildman–Crippen MR) is 92.6 cm³/mol. The number of nitrogens with zero attached hydrogens (tertiary/aromatic N) is 1. The van der Waals surface area contributed by atoms with Gasteiger partial charge < -0.3 is 10.2 Å². The molecule has 1 unspecified atom stereocenters. The van der Waals surface area contributed by atoms with E-state index in [0.29, 0.717) is 6.04 Å². The minimum Gasteiger partial charge on any atom is -0.367 e. The summed E-state index contributed by atoms with van der Waals surface area (Å²) in [6, 6.07) is 9.01. The molecule has 0 spiro atoms. The van der Waals surface area contributed by atoms with Crippen molar-refractivity contribution in [2.45, 2.75) is 32.9 Å². The zero-order valence-electron chi connectivity index (χ0n) is 12.5. The smallest absolute Gasteiger partial charge is 0.0474 e. The zero-order valence-corrected chi connectivity index (χ0v) is 14.1. The van der Waals surface area contributed by atoms with Gasteiger partial charge in [-0.2, -0.15) is 0 Å². The average molecular weight is 321 g/mol. The van der Waals surface area contributed by atoms with E-state index in [-0.39, 0.29) is 0 Å². The molecule has 1 N–H and O–H groups in total. The average Bonchev–Trinajstić information content (AvgIpc) is 2.94. The molecule has 1 aliphatic heterocycles. The lowest BCUT2D eigenvalue weighted by atomic mass is 10.1. The van der Waals surface area contributed by atoms with Gasteiger partial charge in [-0.25, -0.2) is 0 Å². The zero-order chi connectivity index (χ0) is 14.8. The SMILES string of the molecule is CCNC(C)c1ccc(N2CCc3sccc3C2)cc1Cl. The van der Waals surface area contributed by atoms with Crippen molar-refractivity contribution in [1.82, 2.24) is 5.32 Å². The molecule has 2 nitrogen and oxygen atoms in total. The molecule has 0 aliphatic carbocycles. The molecule has 1 atom stereocenters. The molecule has 0 radical (unpaired) electrons. The summed E-state index contributed by atoms with van der Waals surface area (Å²) in [4.78, 5) is 3.96. The fourth-order valence-corrected chi connectivity index (χ4v) is 4.18. The summed E-state index contributed by atoms with van der Waals surface area (Å²) in [6.07, 6.45) is 1.14. The van der Waals surface area contributed by atoms with E-state index < -0.39 is 0 Å². The van der Waals surface area contributed by atoms with Crippen LogP contribution in [0.25, 0.3) is 0 Å². The molecule has 0 bridgehead atoms. The molecule has 1 aromatic carbocycles. The summed E-state index contributed by atoms with van der Waals surface area (Å²) < 4.78 is 0. The number of rotatable bonds is 4. The van der Waals surface area contributed by atoms with Gasteiger partial charge in [0, 0.05) is 34.7 Å². The van der Waals surface area contributed by atoms with Crippen molar-refractivity contribution >= 4 is 28.6 Å². The highest BCUT2D eigenvalue weighted by Crippen LogP contribution is 2.32. The summed E-state index contributed by atoms with van der Waals surface area (Å²) in [5.74, 6) is 0. The van der Waals surface area contributed by atoms with Crippen LogP contribution in [-0.4, -0.2) is 13.1 Å². The Kier molecular flexibility index (Phi) is 4.53. The van der Waals surface area contributed by atoms with E-state index in [4.69, 9.17) is 11.6 Å². The highest BCUT2D eigenvalue weighted by Gasteiger charge is 2.18. The first-order valence-electron chi connectivity index (χ1n) is 7.52. The second-order valence-electron chi connectivity index (χ2n) is 5.53.